The van der Waals surface area contributed by atoms with Crippen molar-refractivity contribution in [1.29, 1.82) is 0 Å². The molecule has 108 valence electrons. The van der Waals surface area contributed by atoms with Gasteiger partial charge in [0.2, 0.25) is 0 Å². The first-order valence-electron chi connectivity index (χ1n) is 7.54. The average molecular weight is 372 g/mol. The minimum Gasteiger partial charge on any atom is -0.0587 e. The second kappa shape index (κ2) is 6.60. The van der Waals surface area contributed by atoms with Gasteiger partial charge in [-0.05, 0) is 68.5 Å². The molecule has 0 aromatic heterocycles. The Labute approximate surface area is 133 Å². The Morgan fingerprint density at radius 3 is 1.16 bits per heavy atom. The molecule has 0 amide bonds. The average Bonchev–Trinajstić information content (AvgIpc) is 2.25. The van der Waals surface area contributed by atoms with E-state index in [1.165, 1.54) is 3.57 Å². The molecule has 0 aliphatic rings. The van der Waals surface area contributed by atoms with Crippen LogP contribution in [0.5, 0.6) is 0 Å². The highest BCUT2D eigenvalue weighted by molar-refractivity contribution is 14.1. The van der Waals surface area contributed by atoms with Crippen LogP contribution in [0.25, 0.3) is 0 Å². The van der Waals surface area contributed by atoms with Crippen LogP contribution in [0.3, 0.4) is 0 Å². The molecule has 0 saturated carbocycles. The number of hydrogen-bond acceptors (Lipinski definition) is 0. The molecule has 0 bridgehead atoms. The highest BCUT2D eigenvalue weighted by Crippen LogP contribution is 2.39. The molecule has 1 heteroatoms. The molecule has 19 heavy (non-hydrogen) atoms. The van der Waals surface area contributed by atoms with Crippen molar-refractivity contribution in [1.82, 2.24) is 0 Å². The predicted molar refractivity (Wildman–Crippen MR) is 95.5 cm³/mol. The van der Waals surface area contributed by atoms with Crippen molar-refractivity contribution in [3.05, 3.63) is 31.9 Å². The first-order valence-corrected chi connectivity index (χ1v) is 8.62. The van der Waals surface area contributed by atoms with E-state index in [-0.39, 0.29) is 0 Å². The number of benzene rings is 1. The molecule has 0 heterocycles. The molecule has 1 aromatic rings. The van der Waals surface area contributed by atoms with Crippen molar-refractivity contribution >= 4 is 22.6 Å². The first-order chi connectivity index (χ1) is 8.68. The van der Waals surface area contributed by atoms with E-state index in [4.69, 9.17) is 0 Å². The predicted octanol–water partition coefficient (Wildman–Crippen LogP) is 6.78. The smallest absolute Gasteiger partial charge is 0.0205 e. The van der Waals surface area contributed by atoms with E-state index in [1.807, 2.05) is 0 Å². The van der Waals surface area contributed by atoms with Crippen molar-refractivity contribution in [3.63, 3.8) is 0 Å². The van der Waals surface area contributed by atoms with Gasteiger partial charge in [0.05, 0.1) is 0 Å². The van der Waals surface area contributed by atoms with Crippen molar-refractivity contribution in [2.45, 2.75) is 79.1 Å². The molecular formula is C18H29I. The molecule has 0 fully saturated rings. The normalized spacial score (nSPS) is 12.3. The van der Waals surface area contributed by atoms with Crippen molar-refractivity contribution in [2.24, 2.45) is 0 Å². The maximum atomic E-state index is 2.59. The lowest BCUT2D eigenvalue weighted by Gasteiger charge is -2.26. The van der Waals surface area contributed by atoms with Gasteiger partial charge in [0.25, 0.3) is 0 Å². The third kappa shape index (κ3) is 3.53. The Bertz CT molecular complexity index is 401. The standard InChI is InChI=1S/C18H29I/c1-10(2)14-9-15(11(3)4)17(13(7)8)18(19)16(14)12(5)6/h9-13H,1-8H3. The fraction of sp³-hybridized carbons (Fsp3) is 0.667. The van der Waals surface area contributed by atoms with Crippen LogP contribution in [0.1, 0.15) is 101 Å². The van der Waals surface area contributed by atoms with E-state index in [1.54, 1.807) is 22.3 Å². The summed E-state index contributed by atoms with van der Waals surface area (Å²) in [6.07, 6.45) is 0. The van der Waals surface area contributed by atoms with E-state index in [0.717, 1.165) is 0 Å². The van der Waals surface area contributed by atoms with Crippen LogP contribution in [0.2, 0.25) is 0 Å². The second-order valence-corrected chi connectivity index (χ2v) is 7.89. The first kappa shape index (κ1) is 17.0. The second-order valence-electron chi connectivity index (χ2n) is 6.82. The molecule has 0 spiro atoms. The summed E-state index contributed by atoms with van der Waals surface area (Å²) in [7, 11) is 0. The number of rotatable bonds is 4. The Kier molecular flexibility index (Phi) is 5.91. The van der Waals surface area contributed by atoms with Gasteiger partial charge in [-0.25, -0.2) is 0 Å². The van der Waals surface area contributed by atoms with E-state index >= 15 is 0 Å². The topological polar surface area (TPSA) is 0 Å². The minimum atomic E-state index is 0.600. The molecule has 0 atom stereocenters. The van der Waals surface area contributed by atoms with Crippen molar-refractivity contribution < 1.29 is 0 Å². The lowest BCUT2D eigenvalue weighted by molar-refractivity contribution is 0.739. The Balaban J connectivity index is 3.70. The fourth-order valence-corrected chi connectivity index (χ4v) is 4.72. The lowest BCUT2D eigenvalue weighted by Crippen LogP contribution is -2.10. The summed E-state index contributed by atoms with van der Waals surface area (Å²) in [5.41, 5.74) is 6.24. The van der Waals surface area contributed by atoms with Gasteiger partial charge in [-0.3, -0.25) is 0 Å². The van der Waals surface area contributed by atoms with Gasteiger partial charge >= 0.3 is 0 Å². The number of halogens is 1. The molecule has 0 nitrogen and oxygen atoms in total. The SMILES string of the molecule is CC(C)c1cc(C(C)C)c(C(C)C)c(I)c1C(C)C. The molecule has 0 N–H and O–H groups in total. The highest BCUT2D eigenvalue weighted by atomic mass is 127. The van der Waals surface area contributed by atoms with Crippen LogP contribution in [-0.2, 0) is 0 Å². The Morgan fingerprint density at radius 2 is 0.947 bits per heavy atom. The summed E-state index contributed by atoms with van der Waals surface area (Å²) in [4.78, 5) is 0. The Morgan fingerprint density at radius 1 is 0.632 bits per heavy atom. The summed E-state index contributed by atoms with van der Waals surface area (Å²) in [5, 5.41) is 0. The summed E-state index contributed by atoms with van der Waals surface area (Å²) < 4.78 is 1.51. The molecule has 1 rings (SSSR count). The third-order valence-corrected chi connectivity index (χ3v) is 4.97. The molecule has 0 aliphatic heterocycles. The van der Waals surface area contributed by atoms with Crippen LogP contribution in [0.15, 0.2) is 6.07 Å². The van der Waals surface area contributed by atoms with E-state index in [2.05, 4.69) is 84.0 Å². The van der Waals surface area contributed by atoms with Gasteiger partial charge in [0.15, 0.2) is 0 Å². The molecule has 0 saturated heterocycles. The zero-order valence-electron chi connectivity index (χ0n) is 13.8. The van der Waals surface area contributed by atoms with Gasteiger partial charge in [-0.15, -0.1) is 0 Å². The van der Waals surface area contributed by atoms with Gasteiger partial charge in [-0.1, -0.05) is 61.5 Å². The molecule has 0 aliphatic carbocycles. The summed E-state index contributed by atoms with van der Waals surface area (Å²) in [5.74, 6) is 2.40. The van der Waals surface area contributed by atoms with Crippen LogP contribution < -0.4 is 0 Å². The molecular weight excluding hydrogens is 343 g/mol. The van der Waals surface area contributed by atoms with Crippen LogP contribution in [-0.4, -0.2) is 0 Å². The summed E-state index contributed by atoms with van der Waals surface area (Å²) in [6.45, 7) is 18.6. The maximum absolute atomic E-state index is 2.59. The van der Waals surface area contributed by atoms with Crippen molar-refractivity contribution in [3.8, 4) is 0 Å². The lowest BCUT2D eigenvalue weighted by atomic mass is 9.81. The molecule has 0 radical (unpaired) electrons. The van der Waals surface area contributed by atoms with Crippen LogP contribution in [0.4, 0.5) is 0 Å². The molecule has 0 unspecified atom stereocenters. The highest BCUT2D eigenvalue weighted by Gasteiger charge is 2.22. The Hall–Kier alpha value is -0.0500. The quantitative estimate of drug-likeness (QED) is 0.511. The molecule has 1 aromatic carbocycles. The van der Waals surface area contributed by atoms with Gasteiger partial charge in [-0.2, -0.15) is 0 Å². The monoisotopic (exact) mass is 372 g/mol. The zero-order chi connectivity index (χ0) is 14.9. The maximum Gasteiger partial charge on any atom is 0.0205 e. The van der Waals surface area contributed by atoms with E-state index < -0.39 is 0 Å². The van der Waals surface area contributed by atoms with Crippen LogP contribution >= 0.6 is 22.6 Å². The minimum absolute atomic E-state index is 0.600. The van der Waals surface area contributed by atoms with Crippen LogP contribution in [0, 0.1) is 3.57 Å². The van der Waals surface area contributed by atoms with E-state index in [9.17, 15) is 0 Å². The number of hydrogen-bond donors (Lipinski definition) is 0. The zero-order valence-corrected chi connectivity index (χ0v) is 15.9. The fourth-order valence-electron chi connectivity index (χ4n) is 2.85. The summed E-state index contributed by atoms with van der Waals surface area (Å²) in [6, 6.07) is 2.49. The van der Waals surface area contributed by atoms with Crippen molar-refractivity contribution in [2.75, 3.05) is 0 Å². The van der Waals surface area contributed by atoms with Gasteiger partial charge in [0, 0.05) is 3.57 Å². The largest absolute Gasteiger partial charge is 0.0587 e. The summed E-state index contributed by atoms with van der Waals surface area (Å²) >= 11 is 2.59. The van der Waals surface area contributed by atoms with Gasteiger partial charge in [0.1, 0.15) is 0 Å². The third-order valence-electron chi connectivity index (χ3n) is 3.80. The van der Waals surface area contributed by atoms with E-state index in [0.29, 0.717) is 23.7 Å². The van der Waals surface area contributed by atoms with Gasteiger partial charge < -0.3 is 0 Å².